The Morgan fingerprint density at radius 1 is 1.35 bits per heavy atom. The Morgan fingerprint density at radius 3 is 2.88 bits per heavy atom. The fourth-order valence-electron chi connectivity index (χ4n) is 3.19. The summed E-state index contributed by atoms with van der Waals surface area (Å²) in [5.74, 6) is 1.90. The summed E-state index contributed by atoms with van der Waals surface area (Å²) in [7, 11) is 0. The summed E-state index contributed by atoms with van der Waals surface area (Å²) >= 11 is 0. The molecule has 7 nitrogen and oxygen atoms in total. The first-order valence-electron chi connectivity index (χ1n) is 8.71. The number of nitrogens with one attached hydrogen (secondary N) is 1. The van der Waals surface area contributed by atoms with E-state index >= 15 is 0 Å². The molecule has 0 aliphatic heterocycles. The Bertz CT molecular complexity index is 957. The van der Waals surface area contributed by atoms with Crippen LogP contribution in [0.3, 0.4) is 0 Å². The second kappa shape index (κ2) is 6.40. The standard InChI is InChI=1S/C19H20N4O3/c1-10(2)19-22-17(23-26-19)13-4-6-14-12(8-13)5-7-15(14)21-18(24)16-9-20-11(3)25-16/h4,6,8-10,15H,5,7H2,1-3H3,(H,21,24)/t15-/m1/s1. The minimum Gasteiger partial charge on any atom is -0.436 e. The van der Waals surface area contributed by atoms with Crippen LogP contribution in [-0.2, 0) is 6.42 Å². The zero-order chi connectivity index (χ0) is 18.3. The van der Waals surface area contributed by atoms with Gasteiger partial charge in [0, 0.05) is 18.4 Å². The van der Waals surface area contributed by atoms with Crippen LogP contribution >= 0.6 is 0 Å². The van der Waals surface area contributed by atoms with Crippen molar-refractivity contribution < 1.29 is 13.7 Å². The summed E-state index contributed by atoms with van der Waals surface area (Å²) in [5, 5.41) is 7.09. The van der Waals surface area contributed by atoms with E-state index in [1.54, 1.807) is 6.92 Å². The fraction of sp³-hybridized carbons (Fsp3) is 0.368. The van der Waals surface area contributed by atoms with Crippen molar-refractivity contribution in [2.75, 3.05) is 0 Å². The van der Waals surface area contributed by atoms with Crippen LogP contribution in [-0.4, -0.2) is 21.0 Å². The molecule has 1 aromatic carbocycles. The Balaban J connectivity index is 1.53. The highest BCUT2D eigenvalue weighted by Crippen LogP contribution is 2.34. The number of rotatable bonds is 4. The molecule has 1 amide bonds. The second-order valence-corrected chi connectivity index (χ2v) is 6.83. The highest BCUT2D eigenvalue weighted by atomic mass is 16.5. The molecule has 1 aliphatic rings. The van der Waals surface area contributed by atoms with E-state index in [1.165, 1.54) is 11.8 Å². The van der Waals surface area contributed by atoms with E-state index in [0.717, 1.165) is 24.0 Å². The third-order valence-electron chi connectivity index (χ3n) is 4.56. The molecule has 2 heterocycles. The van der Waals surface area contributed by atoms with Gasteiger partial charge in [0.05, 0.1) is 12.2 Å². The average Bonchev–Trinajstić information content (AvgIpc) is 3.34. The van der Waals surface area contributed by atoms with Crippen molar-refractivity contribution in [3.8, 4) is 11.4 Å². The topological polar surface area (TPSA) is 94.1 Å². The summed E-state index contributed by atoms with van der Waals surface area (Å²) in [6, 6.07) is 6.04. The molecule has 1 aliphatic carbocycles. The molecular weight excluding hydrogens is 332 g/mol. The first kappa shape index (κ1) is 16.5. The molecule has 7 heteroatoms. The molecule has 0 radical (unpaired) electrons. The highest BCUT2D eigenvalue weighted by molar-refractivity contribution is 5.91. The van der Waals surface area contributed by atoms with Gasteiger partial charge in [-0.15, -0.1) is 0 Å². The number of nitrogens with zero attached hydrogens (tertiary/aromatic N) is 3. The van der Waals surface area contributed by atoms with Gasteiger partial charge in [-0.2, -0.15) is 4.98 Å². The molecule has 0 saturated heterocycles. The molecule has 1 N–H and O–H groups in total. The van der Waals surface area contributed by atoms with Crippen LogP contribution in [0.4, 0.5) is 0 Å². The highest BCUT2D eigenvalue weighted by Gasteiger charge is 2.26. The minimum absolute atomic E-state index is 0.0338. The van der Waals surface area contributed by atoms with E-state index in [9.17, 15) is 4.79 Å². The predicted octanol–water partition coefficient (Wildman–Crippen LogP) is 3.57. The number of hydrogen-bond acceptors (Lipinski definition) is 6. The SMILES string of the molecule is Cc1ncc(C(=O)N[C@@H]2CCc3cc(-c4noc(C(C)C)n4)ccc32)o1. The maximum Gasteiger partial charge on any atom is 0.289 e. The lowest BCUT2D eigenvalue weighted by atomic mass is 10.0. The number of aromatic nitrogens is 3. The minimum atomic E-state index is -0.243. The van der Waals surface area contributed by atoms with Gasteiger partial charge in [0.25, 0.3) is 5.91 Å². The number of oxazole rings is 1. The van der Waals surface area contributed by atoms with E-state index < -0.39 is 0 Å². The third kappa shape index (κ3) is 3.00. The Hall–Kier alpha value is -2.96. The van der Waals surface area contributed by atoms with Gasteiger partial charge in [0.1, 0.15) is 0 Å². The lowest BCUT2D eigenvalue weighted by molar-refractivity contribution is 0.0907. The molecule has 0 saturated carbocycles. The lowest BCUT2D eigenvalue weighted by Gasteiger charge is -2.13. The van der Waals surface area contributed by atoms with E-state index in [2.05, 4.69) is 26.5 Å². The van der Waals surface area contributed by atoms with Gasteiger partial charge in [-0.3, -0.25) is 4.79 Å². The van der Waals surface area contributed by atoms with Crippen LogP contribution in [0.2, 0.25) is 0 Å². The molecule has 2 aromatic heterocycles. The van der Waals surface area contributed by atoms with E-state index in [0.29, 0.717) is 17.6 Å². The molecule has 0 bridgehead atoms. The van der Waals surface area contributed by atoms with Crippen LogP contribution < -0.4 is 5.32 Å². The number of carbonyl (C=O) groups is 1. The molecule has 3 aromatic rings. The van der Waals surface area contributed by atoms with Crippen molar-refractivity contribution in [1.29, 1.82) is 0 Å². The van der Waals surface area contributed by atoms with Gasteiger partial charge in [-0.1, -0.05) is 31.1 Å². The van der Waals surface area contributed by atoms with Crippen LogP contribution in [0.1, 0.15) is 65.7 Å². The van der Waals surface area contributed by atoms with Crippen LogP contribution in [0.15, 0.2) is 33.3 Å². The number of carbonyl (C=O) groups excluding carboxylic acids is 1. The quantitative estimate of drug-likeness (QED) is 0.771. The third-order valence-corrected chi connectivity index (χ3v) is 4.56. The van der Waals surface area contributed by atoms with Crippen molar-refractivity contribution in [3.05, 3.63) is 53.1 Å². The molecule has 26 heavy (non-hydrogen) atoms. The van der Waals surface area contributed by atoms with Gasteiger partial charge in [-0.05, 0) is 30.0 Å². The predicted molar refractivity (Wildman–Crippen MR) is 93.6 cm³/mol. The molecule has 0 spiro atoms. The number of hydrogen-bond donors (Lipinski definition) is 1. The van der Waals surface area contributed by atoms with Crippen molar-refractivity contribution >= 4 is 5.91 Å². The average molecular weight is 352 g/mol. The summed E-state index contributed by atoms with van der Waals surface area (Å²) in [4.78, 5) is 20.7. The first-order valence-corrected chi connectivity index (χ1v) is 8.71. The largest absolute Gasteiger partial charge is 0.436 e. The van der Waals surface area contributed by atoms with E-state index in [4.69, 9.17) is 8.94 Å². The van der Waals surface area contributed by atoms with Gasteiger partial charge < -0.3 is 14.3 Å². The Kier molecular flexibility index (Phi) is 4.06. The Labute approximate surface area is 150 Å². The van der Waals surface area contributed by atoms with Crippen molar-refractivity contribution in [1.82, 2.24) is 20.4 Å². The number of fused-ring (bicyclic) bond motifs is 1. The lowest BCUT2D eigenvalue weighted by Crippen LogP contribution is -2.26. The smallest absolute Gasteiger partial charge is 0.289 e. The zero-order valence-corrected chi connectivity index (χ0v) is 14.9. The number of aryl methyl sites for hydroxylation is 2. The summed E-state index contributed by atoms with van der Waals surface area (Å²) in [6.45, 7) is 5.75. The molecule has 1 atom stereocenters. The maximum atomic E-state index is 12.3. The first-order chi connectivity index (χ1) is 12.5. The molecule has 0 unspecified atom stereocenters. The zero-order valence-electron chi connectivity index (χ0n) is 14.9. The van der Waals surface area contributed by atoms with Gasteiger partial charge in [-0.25, -0.2) is 4.98 Å². The Morgan fingerprint density at radius 2 is 2.19 bits per heavy atom. The monoisotopic (exact) mass is 352 g/mol. The van der Waals surface area contributed by atoms with Crippen molar-refractivity contribution in [3.63, 3.8) is 0 Å². The second-order valence-electron chi connectivity index (χ2n) is 6.83. The van der Waals surface area contributed by atoms with Gasteiger partial charge >= 0.3 is 0 Å². The van der Waals surface area contributed by atoms with Crippen LogP contribution in [0, 0.1) is 6.92 Å². The summed E-state index contributed by atoms with van der Waals surface area (Å²) in [6.07, 6.45) is 3.19. The van der Waals surface area contributed by atoms with Crippen molar-refractivity contribution in [2.45, 2.75) is 45.6 Å². The fourth-order valence-corrected chi connectivity index (χ4v) is 3.19. The number of amides is 1. The molecule has 4 rings (SSSR count). The van der Waals surface area contributed by atoms with Crippen LogP contribution in [0.5, 0.6) is 0 Å². The van der Waals surface area contributed by atoms with Gasteiger partial charge in [0.15, 0.2) is 5.89 Å². The maximum absolute atomic E-state index is 12.3. The van der Waals surface area contributed by atoms with E-state index in [-0.39, 0.29) is 23.6 Å². The van der Waals surface area contributed by atoms with Crippen LogP contribution in [0.25, 0.3) is 11.4 Å². The molecule has 134 valence electrons. The normalized spacial score (nSPS) is 16.1. The van der Waals surface area contributed by atoms with Crippen molar-refractivity contribution in [2.24, 2.45) is 0 Å². The number of benzene rings is 1. The van der Waals surface area contributed by atoms with Gasteiger partial charge in [0.2, 0.25) is 17.5 Å². The summed E-state index contributed by atoms with van der Waals surface area (Å²) < 4.78 is 10.6. The van der Waals surface area contributed by atoms with E-state index in [1.807, 2.05) is 26.0 Å². The molecule has 0 fully saturated rings. The summed E-state index contributed by atoms with van der Waals surface area (Å²) in [5.41, 5.74) is 3.24. The molecular formula is C19H20N4O3.